The lowest BCUT2D eigenvalue weighted by molar-refractivity contribution is 0.206. The first-order chi connectivity index (χ1) is 20.9. The number of hydrogen-bond donors (Lipinski definition) is 0. The molecular weight excluding hydrogens is 580 g/mol. The van der Waals surface area contributed by atoms with E-state index in [-0.39, 0.29) is 0 Å². The van der Waals surface area contributed by atoms with Gasteiger partial charge in [-0.1, -0.05) is 42.0 Å². The van der Waals surface area contributed by atoms with Crippen molar-refractivity contribution in [3.05, 3.63) is 83.4 Å². The molecule has 3 aliphatic rings. The van der Waals surface area contributed by atoms with E-state index in [1.54, 1.807) is 6.07 Å². The highest BCUT2D eigenvalue weighted by Gasteiger charge is 2.68. The summed E-state index contributed by atoms with van der Waals surface area (Å²) >= 11 is 13.0. The number of nitriles is 2. The molecule has 43 heavy (non-hydrogen) atoms. The van der Waals surface area contributed by atoms with E-state index >= 15 is 0 Å². The van der Waals surface area contributed by atoms with Crippen molar-refractivity contribution in [1.82, 2.24) is 4.90 Å². The van der Waals surface area contributed by atoms with E-state index < -0.39 is 16.7 Å². The van der Waals surface area contributed by atoms with Gasteiger partial charge in [0, 0.05) is 35.4 Å². The summed E-state index contributed by atoms with van der Waals surface area (Å²) in [5.74, 6) is 1.52. The summed E-state index contributed by atoms with van der Waals surface area (Å²) in [7, 11) is 0. The molecule has 2 fully saturated rings. The summed E-state index contributed by atoms with van der Waals surface area (Å²) in [5, 5.41) is 22.8. The first-order valence-corrected chi connectivity index (χ1v) is 15.1. The SMILES string of the molecule is CCOc1ccc(N2CN=C3N(C2)C(=S)[C@@]2(C#N)CN(c4ccc(OCC)cc4)C[C@@]3(C#N)[C@H]2c2ccccc2Cl)cc1. The average molecular weight is 611 g/mol. The molecule has 2 saturated heterocycles. The number of ether oxygens (including phenoxy) is 2. The highest BCUT2D eigenvalue weighted by molar-refractivity contribution is 7.80. The van der Waals surface area contributed by atoms with Crippen LogP contribution in [-0.2, 0) is 0 Å². The predicted octanol–water partition coefficient (Wildman–Crippen LogP) is 6.24. The molecule has 0 radical (unpaired) electrons. The number of halogens is 1. The monoisotopic (exact) mass is 610 g/mol. The lowest BCUT2D eigenvalue weighted by atomic mass is 9.53. The highest BCUT2D eigenvalue weighted by atomic mass is 35.5. The number of hydrogen-bond acceptors (Lipinski definition) is 8. The molecule has 6 rings (SSSR count). The molecule has 0 amide bonds. The fourth-order valence-electron chi connectivity index (χ4n) is 6.68. The van der Waals surface area contributed by atoms with Gasteiger partial charge in [0.1, 0.15) is 39.8 Å². The number of rotatable bonds is 7. The third-order valence-corrected chi connectivity index (χ3v) is 9.42. The molecule has 218 valence electrons. The van der Waals surface area contributed by atoms with Gasteiger partial charge in [-0.05, 0) is 74.0 Å². The average Bonchev–Trinajstić information content (AvgIpc) is 3.04. The van der Waals surface area contributed by atoms with Crippen molar-refractivity contribution in [2.75, 3.05) is 49.4 Å². The van der Waals surface area contributed by atoms with Gasteiger partial charge in [0.15, 0.2) is 0 Å². The van der Waals surface area contributed by atoms with Crippen LogP contribution in [0.2, 0.25) is 5.02 Å². The first-order valence-electron chi connectivity index (χ1n) is 14.3. The van der Waals surface area contributed by atoms with Crippen molar-refractivity contribution in [2.45, 2.75) is 19.8 Å². The number of fused-ring (bicyclic) bond motifs is 4. The predicted molar refractivity (Wildman–Crippen MR) is 172 cm³/mol. The number of nitrogens with zero attached hydrogens (tertiary/aromatic N) is 6. The van der Waals surface area contributed by atoms with Gasteiger partial charge < -0.3 is 24.2 Å². The van der Waals surface area contributed by atoms with Crippen LogP contribution >= 0.6 is 23.8 Å². The molecule has 10 heteroatoms. The molecule has 3 aliphatic heterocycles. The van der Waals surface area contributed by atoms with Crippen LogP contribution in [0, 0.1) is 33.5 Å². The van der Waals surface area contributed by atoms with E-state index in [1.807, 2.05) is 85.5 Å². The second-order valence-corrected chi connectivity index (χ2v) is 11.7. The minimum atomic E-state index is -1.24. The van der Waals surface area contributed by atoms with Crippen molar-refractivity contribution >= 4 is 46.0 Å². The normalized spacial score (nSPS) is 24.4. The Morgan fingerprint density at radius 2 is 1.42 bits per heavy atom. The summed E-state index contributed by atoms with van der Waals surface area (Å²) in [6.07, 6.45) is 0. The van der Waals surface area contributed by atoms with Crippen LogP contribution in [0.25, 0.3) is 0 Å². The van der Waals surface area contributed by atoms with Crippen LogP contribution in [0.1, 0.15) is 25.3 Å². The largest absolute Gasteiger partial charge is 0.494 e. The summed E-state index contributed by atoms with van der Waals surface area (Å²) in [4.78, 5) is 11.6. The topological polar surface area (TPSA) is 88.1 Å². The standard InChI is InChI=1S/C33H31ClN6O2S/c1-3-41-25-13-9-23(10-14-25)38-19-32(17-35)29(27-7-5-6-8-28(27)34)33(18-36,20-38)31(43)40-22-39(21-37-30(32)40)24-11-15-26(16-12-24)42-4-2/h5-16,29H,3-4,19-22H2,1-2H3/t29-,32+,33+/m1/s1. The second-order valence-electron chi connectivity index (χ2n) is 10.9. The van der Waals surface area contributed by atoms with Gasteiger partial charge in [0.2, 0.25) is 0 Å². The molecule has 3 atom stereocenters. The maximum Gasteiger partial charge on any atom is 0.141 e. The minimum absolute atomic E-state index is 0.294. The lowest BCUT2D eigenvalue weighted by Gasteiger charge is -2.61. The van der Waals surface area contributed by atoms with Gasteiger partial charge in [0.25, 0.3) is 0 Å². The number of aliphatic imine (C=N–C) groups is 1. The van der Waals surface area contributed by atoms with E-state index in [9.17, 15) is 10.5 Å². The molecule has 0 unspecified atom stereocenters. The van der Waals surface area contributed by atoms with Crippen molar-refractivity contribution in [3.8, 4) is 23.6 Å². The molecule has 3 aromatic rings. The van der Waals surface area contributed by atoms with Crippen molar-refractivity contribution < 1.29 is 9.47 Å². The lowest BCUT2D eigenvalue weighted by Crippen LogP contribution is -2.73. The fraction of sp³-hybridized carbons (Fsp3) is 0.333. The van der Waals surface area contributed by atoms with E-state index in [1.165, 1.54) is 0 Å². The molecule has 2 bridgehead atoms. The van der Waals surface area contributed by atoms with Crippen molar-refractivity contribution in [3.63, 3.8) is 0 Å². The zero-order valence-corrected chi connectivity index (χ0v) is 25.6. The summed E-state index contributed by atoms with van der Waals surface area (Å²) in [5.41, 5.74) is 0.111. The quantitative estimate of drug-likeness (QED) is 0.291. The Labute approximate surface area is 262 Å². The third-order valence-electron chi connectivity index (χ3n) is 8.49. The Morgan fingerprint density at radius 1 is 0.860 bits per heavy atom. The molecule has 3 aromatic carbocycles. The Bertz CT molecular complexity index is 1650. The number of amidine groups is 1. The van der Waals surface area contributed by atoms with Crippen LogP contribution in [0.4, 0.5) is 11.4 Å². The molecule has 0 spiro atoms. The highest BCUT2D eigenvalue weighted by Crippen LogP contribution is 2.59. The number of piperidine rings is 2. The van der Waals surface area contributed by atoms with Gasteiger partial charge >= 0.3 is 0 Å². The number of benzene rings is 3. The summed E-state index contributed by atoms with van der Waals surface area (Å²) < 4.78 is 11.3. The molecular formula is C33H31ClN6O2S. The number of thiocarbonyl (C=S) groups is 1. The van der Waals surface area contributed by atoms with Crippen molar-refractivity contribution in [1.29, 1.82) is 10.5 Å². The van der Waals surface area contributed by atoms with Crippen LogP contribution in [0.5, 0.6) is 11.5 Å². The Hall–Kier alpha value is -4.31. The van der Waals surface area contributed by atoms with Gasteiger partial charge in [-0.2, -0.15) is 10.5 Å². The molecule has 0 aliphatic carbocycles. The Balaban J connectivity index is 1.48. The first kappa shape index (κ1) is 28.8. The van der Waals surface area contributed by atoms with Gasteiger partial charge in [-0.15, -0.1) is 0 Å². The molecule has 0 N–H and O–H groups in total. The Kier molecular flexibility index (Phi) is 7.64. The summed E-state index contributed by atoms with van der Waals surface area (Å²) in [6.45, 7) is 6.37. The third kappa shape index (κ3) is 4.64. The second kappa shape index (κ2) is 11.4. The molecule has 0 saturated carbocycles. The summed E-state index contributed by atoms with van der Waals surface area (Å²) in [6, 6.07) is 28.3. The van der Waals surface area contributed by atoms with Crippen LogP contribution in [-0.4, -0.2) is 55.4 Å². The molecule has 3 heterocycles. The Morgan fingerprint density at radius 3 is 1.98 bits per heavy atom. The van der Waals surface area contributed by atoms with E-state index in [4.69, 9.17) is 38.3 Å². The van der Waals surface area contributed by atoms with Crippen LogP contribution in [0.15, 0.2) is 77.8 Å². The van der Waals surface area contributed by atoms with Gasteiger partial charge in [-0.25, -0.2) is 4.99 Å². The van der Waals surface area contributed by atoms with Gasteiger partial charge in [-0.3, -0.25) is 0 Å². The smallest absolute Gasteiger partial charge is 0.141 e. The van der Waals surface area contributed by atoms with E-state index in [0.717, 1.165) is 28.4 Å². The maximum absolute atomic E-state index is 11.2. The van der Waals surface area contributed by atoms with Crippen LogP contribution in [0.3, 0.4) is 0 Å². The zero-order valence-electron chi connectivity index (χ0n) is 24.0. The minimum Gasteiger partial charge on any atom is -0.494 e. The number of anilines is 2. The van der Waals surface area contributed by atoms with Crippen LogP contribution < -0.4 is 19.3 Å². The van der Waals surface area contributed by atoms with E-state index in [0.29, 0.717) is 55.5 Å². The van der Waals surface area contributed by atoms with Crippen molar-refractivity contribution in [2.24, 2.45) is 15.8 Å². The van der Waals surface area contributed by atoms with E-state index in [2.05, 4.69) is 21.9 Å². The maximum atomic E-state index is 11.2. The zero-order chi connectivity index (χ0) is 30.2. The fourth-order valence-corrected chi connectivity index (χ4v) is 7.30. The van der Waals surface area contributed by atoms with Gasteiger partial charge in [0.05, 0.1) is 32.0 Å². The molecule has 8 nitrogen and oxygen atoms in total. The molecule has 0 aromatic heterocycles.